The molecule has 1 aromatic rings. The van der Waals surface area contributed by atoms with E-state index < -0.39 is 10.8 Å². The van der Waals surface area contributed by atoms with Crippen LogP contribution in [0.3, 0.4) is 0 Å². The first-order chi connectivity index (χ1) is 9.88. The molecule has 0 saturated carbocycles. The van der Waals surface area contributed by atoms with E-state index in [1.807, 2.05) is 7.05 Å². The van der Waals surface area contributed by atoms with E-state index in [9.17, 15) is 14.9 Å². The maximum atomic E-state index is 12.1. The van der Waals surface area contributed by atoms with Crippen molar-refractivity contribution in [3.8, 4) is 0 Å². The number of nitro benzene ring substituents is 1. The number of carbonyl (C=O) groups excluding carboxylic acids is 1. The van der Waals surface area contributed by atoms with Crippen LogP contribution in [0.4, 0.5) is 11.4 Å². The van der Waals surface area contributed by atoms with Gasteiger partial charge in [0.15, 0.2) is 0 Å². The van der Waals surface area contributed by atoms with E-state index in [1.165, 1.54) is 6.07 Å². The lowest BCUT2D eigenvalue weighted by Crippen LogP contribution is -2.52. The Kier molecular flexibility index (Phi) is 4.61. The molecule has 0 atom stereocenters. The van der Waals surface area contributed by atoms with Gasteiger partial charge in [-0.2, -0.15) is 0 Å². The van der Waals surface area contributed by atoms with E-state index in [0.29, 0.717) is 13.1 Å². The molecule has 0 aromatic heterocycles. The number of hydrazine groups is 1. The van der Waals surface area contributed by atoms with Gasteiger partial charge in [-0.15, -0.1) is 0 Å². The van der Waals surface area contributed by atoms with Crippen molar-refractivity contribution in [2.24, 2.45) is 0 Å². The number of piperazine rings is 1. The van der Waals surface area contributed by atoms with Gasteiger partial charge >= 0.3 is 0 Å². The fourth-order valence-corrected chi connectivity index (χ4v) is 2.23. The molecule has 1 aliphatic heterocycles. The number of benzene rings is 1. The summed E-state index contributed by atoms with van der Waals surface area (Å²) in [6.45, 7) is 3.05. The molecule has 114 valence electrons. The number of carbonyl (C=O) groups is 1. The summed E-state index contributed by atoms with van der Waals surface area (Å²) in [6.07, 6.45) is 0. The summed E-state index contributed by atoms with van der Waals surface area (Å²) in [5.74, 6) is -0.440. The highest BCUT2D eigenvalue weighted by Crippen LogP contribution is 2.30. The van der Waals surface area contributed by atoms with Crippen LogP contribution in [0.15, 0.2) is 12.1 Å². The third-order valence-corrected chi connectivity index (χ3v) is 3.64. The molecular formula is C12H16ClN5O3. The lowest BCUT2D eigenvalue weighted by atomic mass is 10.1. The Hall–Kier alpha value is -1.90. The van der Waals surface area contributed by atoms with Gasteiger partial charge in [0.2, 0.25) is 0 Å². The summed E-state index contributed by atoms with van der Waals surface area (Å²) in [7, 11) is 2.00. The zero-order valence-electron chi connectivity index (χ0n) is 11.5. The minimum Gasteiger partial charge on any atom is -0.392 e. The van der Waals surface area contributed by atoms with Crippen molar-refractivity contribution >= 4 is 28.9 Å². The Labute approximate surface area is 126 Å². The fraction of sp³-hybridized carbons (Fsp3) is 0.417. The highest BCUT2D eigenvalue weighted by Gasteiger charge is 2.21. The third-order valence-electron chi connectivity index (χ3n) is 3.33. The Balaban J connectivity index is 2.14. The molecule has 8 nitrogen and oxygen atoms in total. The predicted octanol–water partition coefficient (Wildman–Crippen LogP) is 0.723. The van der Waals surface area contributed by atoms with Crippen LogP contribution in [-0.4, -0.2) is 54.0 Å². The summed E-state index contributed by atoms with van der Waals surface area (Å²) in [4.78, 5) is 24.5. The van der Waals surface area contributed by atoms with Gasteiger partial charge in [0.25, 0.3) is 11.6 Å². The van der Waals surface area contributed by atoms with Crippen molar-refractivity contribution in [2.75, 3.05) is 39.0 Å². The van der Waals surface area contributed by atoms with Crippen LogP contribution in [0.1, 0.15) is 10.4 Å². The van der Waals surface area contributed by atoms with E-state index in [1.54, 1.807) is 5.01 Å². The van der Waals surface area contributed by atoms with Gasteiger partial charge in [0.1, 0.15) is 5.69 Å². The second-order valence-corrected chi connectivity index (χ2v) is 5.29. The van der Waals surface area contributed by atoms with Crippen LogP contribution in [0.25, 0.3) is 0 Å². The van der Waals surface area contributed by atoms with Crippen molar-refractivity contribution in [2.45, 2.75) is 0 Å². The summed E-state index contributed by atoms with van der Waals surface area (Å²) in [5.41, 5.74) is 7.85. The number of rotatable bonds is 3. The number of anilines is 1. The molecule has 21 heavy (non-hydrogen) atoms. The van der Waals surface area contributed by atoms with Crippen LogP contribution in [0.2, 0.25) is 5.02 Å². The molecule has 2 rings (SSSR count). The second-order valence-electron chi connectivity index (χ2n) is 4.88. The van der Waals surface area contributed by atoms with E-state index >= 15 is 0 Å². The minimum absolute atomic E-state index is 0.00673. The molecule has 0 bridgehead atoms. The van der Waals surface area contributed by atoms with Gasteiger partial charge in [-0.05, 0) is 13.1 Å². The Bertz CT molecular complexity index is 572. The summed E-state index contributed by atoms with van der Waals surface area (Å²) < 4.78 is 0. The quantitative estimate of drug-likeness (QED) is 0.484. The first-order valence-corrected chi connectivity index (χ1v) is 6.74. The Morgan fingerprint density at radius 1 is 1.38 bits per heavy atom. The van der Waals surface area contributed by atoms with Crippen LogP contribution in [0.5, 0.6) is 0 Å². The molecule has 0 aliphatic carbocycles. The van der Waals surface area contributed by atoms with Crippen molar-refractivity contribution < 1.29 is 9.72 Å². The van der Waals surface area contributed by atoms with Crippen molar-refractivity contribution in [1.29, 1.82) is 0 Å². The number of nitrogen functional groups attached to an aromatic ring is 1. The predicted molar refractivity (Wildman–Crippen MR) is 79.1 cm³/mol. The third kappa shape index (κ3) is 3.60. The number of hydrogen-bond acceptors (Lipinski definition) is 6. The Morgan fingerprint density at radius 3 is 2.57 bits per heavy atom. The van der Waals surface area contributed by atoms with Gasteiger partial charge in [0, 0.05) is 37.8 Å². The normalized spacial score (nSPS) is 16.7. The van der Waals surface area contributed by atoms with Crippen LogP contribution in [-0.2, 0) is 0 Å². The molecular weight excluding hydrogens is 298 g/mol. The van der Waals surface area contributed by atoms with E-state index in [0.717, 1.165) is 19.2 Å². The van der Waals surface area contributed by atoms with Crippen LogP contribution >= 0.6 is 11.6 Å². The summed E-state index contributed by atoms with van der Waals surface area (Å²) >= 11 is 5.84. The molecule has 0 radical (unpaired) electrons. The minimum atomic E-state index is -0.659. The molecule has 1 fully saturated rings. The first kappa shape index (κ1) is 15.5. The molecule has 1 amide bonds. The maximum absolute atomic E-state index is 12.1. The van der Waals surface area contributed by atoms with Gasteiger partial charge in [0.05, 0.1) is 9.95 Å². The van der Waals surface area contributed by atoms with Gasteiger partial charge < -0.3 is 10.6 Å². The smallest absolute Gasteiger partial charge is 0.294 e. The average Bonchev–Trinajstić information content (AvgIpc) is 2.43. The van der Waals surface area contributed by atoms with E-state index in [-0.39, 0.29) is 22.0 Å². The monoisotopic (exact) mass is 313 g/mol. The Morgan fingerprint density at radius 2 is 2.00 bits per heavy atom. The first-order valence-electron chi connectivity index (χ1n) is 6.36. The maximum Gasteiger partial charge on any atom is 0.294 e. The number of amides is 1. The highest BCUT2D eigenvalue weighted by molar-refractivity contribution is 6.34. The van der Waals surface area contributed by atoms with Crippen LogP contribution in [0, 0.1) is 10.1 Å². The fourth-order valence-electron chi connectivity index (χ4n) is 2.01. The summed E-state index contributed by atoms with van der Waals surface area (Å²) in [6, 6.07) is 2.46. The lowest BCUT2D eigenvalue weighted by Gasteiger charge is -2.32. The topological polar surface area (TPSA) is 105 Å². The number of halogens is 1. The number of nitro groups is 1. The average molecular weight is 314 g/mol. The van der Waals surface area contributed by atoms with Crippen molar-refractivity contribution in [1.82, 2.24) is 15.3 Å². The number of likely N-dealkylation sites (N-methyl/N-ethyl adjacent to an activating group) is 1. The van der Waals surface area contributed by atoms with Crippen molar-refractivity contribution in [3.63, 3.8) is 0 Å². The lowest BCUT2D eigenvalue weighted by molar-refractivity contribution is -0.383. The molecule has 0 spiro atoms. The molecule has 1 aliphatic rings. The molecule has 1 aromatic carbocycles. The largest absolute Gasteiger partial charge is 0.392 e. The zero-order chi connectivity index (χ0) is 15.6. The number of nitrogens with zero attached hydrogens (tertiary/aromatic N) is 3. The molecule has 1 saturated heterocycles. The van der Waals surface area contributed by atoms with Gasteiger partial charge in [-0.25, -0.2) is 5.01 Å². The van der Waals surface area contributed by atoms with Crippen LogP contribution < -0.4 is 11.2 Å². The molecule has 0 unspecified atom stereocenters. The van der Waals surface area contributed by atoms with Crippen molar-refractivity contribution in [3.05, 3.63) is 32.8 Å². The highest BCUT2D eigenvalue weighted by atomic mass is 35.5. The standard InChI is InChI=1S/C12H16ClN5O3/c1-16-2-4-17(5-3-16)15-12(19)8-6-9(13)11(14)10(7-8)18(20)21/h6-7H,2-5,14H2,1H3,(H,15,19). The SMILES string of the molecule is CN1CCN(NC(=O)c2cc(Cl)c(N)c([N+](=O)[O-])c2)CC1. The number of hydrogen-bond donors (Lipinski definition) is 2. The van der Waals surface area contributed by atoms with Gasteiger partial charge in [-0.1, -0.05) is 11.6 Å². The van der Waals surface area contributed by atoms with E-state index in [2.05, 4.69) is 10.3 Å². The second kappa shape index (κ2) is 6.25. The zero-order valence-corrected chi connectivity index (χ0v) is 12.3. The molecule has 1 heterocycles. The molecule has 9 heteroatoms. The van der Waals surface area contributed by atoms with Gasteiger partial charge in [-0.3, -0.25) is 20.3 Å². The van der Waals surface area contributed by atoms with E-state index in [4.69, 9.17) is 17.3 Å². The summed E-state index contributed by atoms with van der Waals surface area (Å²) in [5, 5.41) is 12.7. The number of nitrogens with one attached hydrogen (secondary N) is 1. The molecule has 3 N–H and O–H groups in total. The number of nitrogens with two attached hydrogens (primary N) is 1.